The largest absolute Gasteiger partial charge is 0.362 e. The van der Waals surface area contributed by atoms with E-state index >= 15 is 0 Å². The highest BCUT2D eigenvalue weighted by atomic mass is 35.5. The second-order valence-electron chi connectivity index (χ2n) is 4.07. The van der Waals surface area contributed by atoms with Gasteiger partial charge in [-0.25, -0.2) is 4.39 Å². The number of aryl methyl sites for hydroxylation is 2. The predicted octanol–water partition coefficient (Wildman–Crippen LogP) is 3.68. The van der Waals surface area contributed by atoms with E-state index in [0.717, 1.165) is 11.4 Å². The zero-order valence-electron chi connectivity index (χ0n) is 9.97. The standard InChI is InChI=1S/C13H12ClFN2O/c1-7-5-10(8(2)16-7)13(18)17-9-3-4-12(15)11(14)6-9/h3-6,16H,1-2H3,(H,17,18). The second-order valence-corrected chi connectivity index (χ2v) is 4.48. The van der Waals surface area contributed by atoms with Gasteiger partial charge in [0, 0.05) is 17.1 Å². The molecule has 0 unspecified atom stereocenters. The molecule has 0 aliphatic rings. The summed E-state index contributed by atoms with van der Waals surface area (Å²) in [5.41, 5.74) is 2.73. The van der Waals surface area contributed by atoms with E-state index in [1.807, 2.05) is 13.8 Å². The number of hydrogen-bond acceptors (Lipinski definition) is 1. The molecule has 1 aromatic heterocycles. The van der Waals surface area contributed by atoms with Crippen molar-refractivity contribution in [1.82, 2.24) is 4.98 Å². The van der Waals surface area contributed by atoms with Gasteiger partial charge in [0.1, 0.15) is 5.82 Å². The summed E-state index contributed by atoms with van der Waals surface area (Å²) >= 11 is 5.65. The number of benzene rings is 1. The summed E-state index contributed by atoms with van der Waals surface area (Å²) in [6, 6.07) is 5.82. The van der Waals surface area contributed by atoms with Gasteiger partial charge in [-0.05, 0) is 38.1 Å². The Hall–Kier alpha value is -1.81. The number of aromatic nitrogens is 1. The fourth-order valence-electron chi connectivity index (χ4n) is 1.73. The van der Waals surface area contributed by atoms with Crippen molar-refractivity contribution in [3.8, 4) is 0 Å². The maximum Gasteiger partial charge on any atom is 0.257 e. The predicted molar refractivity (Wildman–Crippen MR) is 69.6 cm³/mol. The third-order valence-electron chi connectivity index (χ3n) is 2.57. The molecule has 2 N–H and O–H groups in total. The molecule has 2 aromatic rings. The van der Waals surface area contributed by atoms with Crippen LogP contribution >= 0.6 is 11.6 Å². The van der Waals surface area contributed by atoms with Crippen LogP contribution in [0.3, 0.4) is 0 Å². The number of amides is 1. The first-order valence-electron chi connectivity index (χ1n) is 5.40. The average molecular weight is 267 g/mol. The maximum atomic E-state index is 13.0. The molecule has 1 heterocycles. The van der Waals surface area contributed by atoms with Crippen molar-refractivity contribution in [2.45, 2.75) is 13.8 Å². The minimum absolute atomic E-state index is 0.0187. The zero-order valence-corrected chi connectivity index (χ0v) is 10.7. The number of halogens is 2. The van der Waals surface area contributed by atoms with Gasteiger partial charge in [-0.15, -0.1) is 0 Å². The van der Waals surface area contributed by atoms with E-state index in [1.54, 1.807) is 6.07 Å². The fourth-order valence-corrected chi connectivity index (χ4v) is 1.91. The molecule has 18 heavy (non-hydrogen) atoms. The lowest BCUT2D eigenvalue weighted by molar-refractivity contribution is 0.102. The Labute approximate surface area is 109 Å². The van der Waals surface area contributed by atoms with Crippen LogP contribution in [-0.2, 0) is 0 Å². The van der Waals surface area contributed by atoms with Crippen molar-refractivity contribution in [1.29, 1.82) is 0 Å². The van der Waals surface area contributed by atoms with Crippen LogP contribution in [0.1, 0.15) is 21.7 Å². The molecule has 0 aliphatic heterocycles. The van der Waals surface area contributed by atoms with Crippen molar-refractivity contribution >= 4 is 23.2 Å². The third-order valence-corrected chi connectivity index (χ3v) is 2.86. The molecule has 5 heteroatoms. The van der Waals surface area contributed by atoms with Crippen LogP contribution in [0.4, 0.5) is 10.1 Å². The molecule has 0 radical (unpaired) electrons. The lowest BCUT2D eigenvalue weighted by Gasteiger charge is -2.05. The smallest absolute Gasteiger partial charge is 0.257 e. The number of aromatic amines is 1. The highest BCUT2D eigenvalue weighted by Gasteiger charge is 2.12. The molecule has 3 nitrogen and oxygen atoms in total. The minimum Gasteiger partial charge on any atom is -0.362 e. The van der Waals surface area contributed by atoms with Crippen LogP contribution in [-0.4, -0.2) is 10.9 Å². The van der Waals surface area contributed by atoms with Crippen LogP contribution in [0.25, 0.3) is 0 Å². The molecule has 0 bridgehead atoms. The molecule has 2 rings (SSSR count). The fraction of sp³-hybridized carbons (Fsp3) is 0.154. The Morgan fingerprint density at radius 1 is 1.33 bits per heavy atom. The molecule has 0 saturated carbocycles. The normalized spacial score (nSPS) is 10.4. The van der Waals surface area contributed by atoms with Crippen LogP contribution in [0.5, 0.6) is 0 Å². The second kappa shape index (κ2) is 4.82. The average Bonchev–Trinajstić information content (AvgIpc) is 2.63. The van der Waals surface area contributed by atoms with E-state index in [0.29, 0.717) is 11.3 Å². The Morgan fingerprint density at radius 3 is 2.61 bits per heavy atom. The molecule has 94 valence electrons. The summed E-state index contributed by atoms with van der Waals surface area (Å²) < 4.78 is 13.0. The first kappa shape index (κ1) is 12.6. The van der Waals surface area contributed by atoms with Gasteiger partial charge in [-0.1, -0.05) is 11.6 Å². The molecule has 0 fully saturated rings. The number of nitrogens with one attached hydrogen (secondary N) is 2. The third kappa shape index (κ3) is 2.54. The molecule has 0 atom stereocenters. The van der Waals surface area contributed by atoms with Gasteiger partial charge in [0.2, 0.25) is 0 Å². The van der Waals surface area contributed by atoms with Crippen molar-refractivity contribution in [2.75, 3.05) is 5.32 Å². The number of carbonyl (C=O) groups excluding carboxylic acids is 1. The quantitative estimate of drug-likeness (QED) is 0.856. The zero-order chi connectivity index (χ0) is 13.3. The lowest BCUT2D eigenvalue weighted by Crippen LogP contribution is -2.12. The summed E-state index contributed by atoms with van der Waals surface area (Å²) in [4.78, 5) is 15.0. The van der Waals surface area contributed by atoms with E-state index in [1.165, 1.54) is 18.2 Å². The number of H-pyrrole nitrogens is 1. The van der Waals surface area contributed by atoms with Crippen molar-refractivity contribution in [3.05, 3.63) is 52.1 Å². The van der Waals surface area contributed by atoms with E-state index < -0.39 is 5.82 Å². The van der Waals surface area contributed by atoms with E-state index in [9.17, 15) is 9.18 Å². The van der Waals surface area contributed by atoms with E-state index in [4.69, 9.17) is 11.6 Å². The summed E-state index contributed by atoms with van der Waals surface area (Å²) in [6.07, 6.45) is 0. The first-order valence-corrected chi connectivity index (χ1v) is 5.78. The molecular formula is C13H12ClFN2O. The van der Waals surface area contributed by atoms with E-state index in [2.05, 4.69) is 10.3 Å². The summed E-state index contributed by atoms with van der Waals surface area (Å²) in [6.45, 7) is 3.69. The monoisotopic (exact) mass is 266 g/mol. The van der Waals surface area contributed by atoms with Gasteiger partial charge >= 0.3 is 0 Å². The number of anilines is 1. The molecular weight excluding hydrogens is 255 g/mol. The highest BCUT2D eigenvalue weighted by molar-refractivity contribution is 6.31. The highest BCUT2D eigenvalue weighted by Crippen LogP contribution is 2.20. The van der Waals surface area contributed by atoms with Gasteiger partial charge in [0.05, 0.1) is 10.6 Å². The van der Waals surface area contributed by atoms with Crippen molar-refractivity contribution in [2.24, 2.45) is 0 Å². The van der Waals surface area contributed by atoms with Gasteiger partial charge < -0.3 is 10.3 Å². The lowest BCUT2D eigenvalue weighted by atomic mass is 10.2. The van der Waals surface area contributed by atoms with Gasteiger partial charge in [-0.2, -0.15) is 0 Å². The number of rotatable bonds is 2. The number of carbonyl (C=O) groups is 1. The number of hydrogen-bond donors (Lipinski definition) is 2. The molecule has 1 amide bonds. The maximum absolute atomic E-state index is 13.0. The molecule has 0 spiro atoms. The first-order chi connectivity index (χ1) is 8.47. The minimum atomic E-state index is -0.511. The van der Waals surface area contributed by atoms with E-state index in [-0.39, 0.29) is 10.9 Å². The Morgan fingerprint density at radius 2 is 2.06 bits per heavy atom. The Bertz CT molecular complexity index is 607. The molecule has 1 aromatic carbocycles. The molecule has 0 aliphatic carbocycles. The van der Waals surface area contributed by atoms with Crippen LogP contribution in [0, 0.1) is 19.7 Å². The van der Waals surface area contributed by atoms with Crippen LogP contribution in [0.2, 0.25) is 5.02 Å². The SMILES string of the molecule is Cc1cc(C(=O)Nc2ccc(F)c(Cl)c2)c(C)[nH]1. The molecule has 0 saturated heterocycles. The van der Waals surface area contributed by atoms with Crippen LogP contribution < -0.4 is 5.32 Å². The summed E-state index contributed by atoms with van der Waals surface area (Å²) in [7, 11) is 0. The van der Waals surface area contributed by atoms with Gasteiger partial charge in [0.15, 0.2) is 0 Å². The Balaban J connectivity index is 2.21. The van der Waals surface area contributed by atoms with Crippen molar-refractivity contribution in [3.63, 3.8) is 0 Å². The summed E-state index contributed by atoms with van der Waals surface area (Å²) in [5.74, 6) is -0.761. The van der Waals surface area contributed by atoms with Gasteiger partial charge in [0.25, 0.3) is 5.91 Å². The van der Waals surface area contributed by atoms with Crippen molar-refractivity contribution < 1.29 is 9.18 Å². The van der Waals surface area contributed by atoms with Crippen LogP contribution in [0.15, 0.2) is 24.3 Å². The summed E-state index contributed by atoms with van der Waals surface area (Å²) in [5, 5.41) is 2.65. The topological polar surface area (TPSA) is 44.9 Å². The van der Waals surface area contributed by atoms with Gasteiger partial charge in [-0.3, -0.25) is 4.79 Å². The Kier molecular flexibility index (Phi) is 3.39.